The highest BCUT2D eigenvalue weighted by Crippen LogP contribution is 2.20. The molecule has 0 saturated heterocycles. The van der Waals surface area contributed by atoms with E-state index in [0.29, 0.717) is 25.3 Å². The second-order valence-electron chi connectivity index (χ2n) is 5.14. The fraction of sp³-hybridized carbons (Fsp3) is 0.222. The second kappa shape index (κ2) is 7.07. The summed E-state index contributed by atoms with van der Waals surface area (Å²) in [5.41, 5.74) is 3.71. The molecule has 2 aromatic heterocycles. The zero-order valence-electron chi connectivity index (χ0n) is 13.0. The molecular weight excluding hydrogens is 290 g/mol. The van der Waals surface area contributed by atoms with E-state index in [4.69, 9.17) is 4.74 Å². The number of nitrogens with zero attached hydrogens (tertiary/aromatic N) is 2. The molecule has 0 aliphatic rings. The molecule has 0 atom stereocenters. The third-order valence-corrected chi connectivity index (χ3v) is 3.61. The van der Waals surface area contributed by atoms with Crippen molar-refractivity contribution < 1.29 is 9.53 Å². The van der Waals surface area contributed by atoms with E-state index < -0.39 is 0 Å². The highest BCUT2D eigenvalue weighted by molar-refractivity contribution is 5.94. The Labute approximate surface area is 134 Å². The average Bonchev–Trinajstić information content (AvgIpc) is 3.06. The van der Waals surface area contributed by atoms with Crippen LogP contribution in [-0.4, -0.2) is 35.1 Å². The van der Waals surface area contributed by atoms with E-state index in [9.17, 15) is 4.79 Å². The SMILES string of the molecule is CCOCCNC(=O)c1ccc(-c2ccc3nccn3c2)cc1. The topological polar surface area (TPSA) is 55.6 Å². The first-order valence-electron chi connectivity index (χ1n) is 7.67. The van der Waals surface area contributed by atoms with Gasteiger partial charge >= 0.3 is 0 Å². The van der Waals surface area contributed by atoms with E-state index in [0.717, 1.165) is 16.8 Å². The van der Waals surface area contributed by atoms with Gasteiger partial charge in [0.1, 0.15) is 5.65 Å². The maximum atomic E-state index is 12.0. The summed E-state index contributed by atoms with van der Waals surface area (Å²) >= 11 is 0. The summed E-state index contributed by atoms with van der Waals surface area (Å²) in [5, 5.41) is 2.84. The number of amides is 1. The van der Waals surface area contributed by atoms with Crippen LogP contribution in [0.1, 0.15) is 17.3 Å². The van der Waals surface area contributed by atoms with Gasteiger partial charge in [-0.2, -0.15) is 0 Å². The van der Waals surface area contributed by atoms with Crippen molar-refractivity contribution in [3.05, 3.63) is 60.6 Å². The van der Waals surface area contributed by atoms with Crippen LogP contribution in [0.4, 0.5) is 0 Å². The Morgan fingerprint density at radius 2 is 1.96 bits per heavy atom. The van der Waals surface area contributed by atoms with Crippen LogP contribution in [0.5, 0.6) is 0 Å². The standard InChI is InChI=1S/C18H19N3O2/c1-2-23-12-10-20-18(22)15-5-3-14(4-6-15)16-7-8-17-19-9-11-21(17)13-16/h3-9,11,13H,2,10,12H2,1H3,(H,20,22). The molecule has 118 valence electrons. The van der Waals surface area contributed by atoms with Gasteiger partial charge in [0.2, 0.25) is 0 Å². The van der Waals surface area contributed by atoms with Crippen molar-refractivity contribution in [1.29, 1.82) is 0 Å². The molecule has 23 heavy (non-hydrogen) atoms. The molecule has 0 fully saturated rings. The quantitative estimate of drug-likeness (QED) is 0.712. The second-order valence-corrected chi connectivity index (χ2v) is 5.14. The number of hydrogen-bond acceptors (Lipinski definition) is 3. The van der Waals surface area contributed by atoms with E-state index in [2.05, 4.69) is 10.3 Å². The van der Waals surface area contributed by atoms with Crippen LogP contribution in [0.25, 0.3) is 16.8 Å². The summed E-state index contributed by atoms with van der Waals surface area (Å²) in [7, 11) is 0. The Bertz CT molecular complexity index is 793. The molecule has 0 bridgehead atoms. The van der Waals surface area contributed by atoms with Crippen molar-refractivity contribution in [2.45, 2.75) is 6.92 Å². The number of pyridine rings is 1. The molecule has 2 heterocycles. The molecule has 1 amide bonds. The fourth-order valence-electron chi connectivity index (χ4n) is 2.39. The normalized spacial score (nSPS) is 10.8. The lowest BCUT2D eigenvalue weighted by atomic mass is 10.1. The molecule has 3 aromatic rings. The number of nitrogens with one attached hydrogen (secondary N) is 1. The number of fused-ring (bicyclic) bond motifs is 1. The number of aromatic nitrogens is 2. The number of ether oxygens (including phenoxy) is 1. The molecule has 0 saturated carbocycles. The minimum Gasteiger partial charge on any atom is -0.380 e. The van der Waals surface area contributed by atoms with Crippen LogP contribution >= 0.6 is 0 Å². The Morgan fingerprint density at radius 3 is 2.74 bits per heavy atom. The molecule has 0 spiro atoms. The largest absolute Gasteiger partial charge is 0.380 e. The van der Waals surface area contributed by atoms with E-state index in [1.165, 1.54) is 0 Å². The van der Waals surface area contributed by atoms with Crippen molar-refractivity contribution in [1.82, 2.24) is 14.7 Å². The van der Waals surface area contributed by atoms with E-state index >= 15 is 0 Å². The zero-order valence-corrected chi connectivity index (χ0v) is 13.0. The van der Waals surface area contributed by atoms with Gasteiger partial charge in [-0.25, -0.2) is 4.98 Å². The highest BCUT2D eigenvalue weighted by atomic mass is 16.5. The molecule has 3 rings (SSSR count). The molecule has 0 radical (unpaired) electrons. The van der Waals surface area contributed by atoms with E-state index in [1.54, 1.807) is 6.20 Å². The lowest BCUT2D eigenvalue weighted by molar-refractivity contribution is 0.0922. The Balaban J connectivity index is 1.69. The maximum absolute atomic E-state index is 12.0. The van der Waals surface area contributed by atoms with Crippen molar-refractivity contribution in [2.24, 2.45) is 0 Å². The first-order chi connectivity index (χ1) is 11.3. The fourth-order valence-corrected chi connectivity index (χ4v) is 2.39. The van der Waals surface area contributed by atoms with Crippen LogP contribution in [0.15, 0.2) is 55.0 Å². The number of benzene rings is 1. The Morgan fingerprint density at radius 1 is 1.17 bits per heavy atom. The molecular formula is C18H19N3O2. The van der Waals surface area contributed by atoms with Crippen LogP contribution in [0.3, 0.4) is 0 Å². The molecule has 1 aromatic carbocycles. The molecule has 0 aliphatic carbocycles. The number of carbonyl (C=O) groups excluding carboxylic acids is 1. The average molecular weight is 309 g/mol. The zero-order chi connectivity index (χ0) is 16.1. The highest BCUT2D eigenvalue weighted by Gasteiger charge is 2.06. The first kappa shape index (κ1) is 15.2. The number of imidazole rings is 1. The predicted molar refractivity (Wildman–Crippen MR) is 89.5 cm³/mol. The minimum absolute atomic E-state index is 0.0821. The monoisotopic (exact) mass is 309 g/mol. The van der Waals surface area contributed by atoms with Gasteiger partial charge in [-0.3, -0.25) is 4.79 Å². The molecule has 5 heteroatoms. The summed E-state index contributed by atoms with van der Waals surface area (Å²) < 4.78 is 7.18. The summed E-state index contributed by atoms with van der Waals surface area (Å²) in [6.45, 7) is 3.64. The van der Waals surface area contributed by atoms with Crippen molar-refractivity contribution >= 4 is 11.6 Å². The van der Waals surface area contributed by atoms with Gasteiger partial charge in [-0.1, -0.05) is 12.1 Å². The van der Waals surface area contributed by atoms with Crippen LogP contribution in [0.2, 0.25) is 0 Å². The summed E-state index contributed by atoms with van der Waals surface area (Å²) in [6, 6.07) is 11.6. The molecule has 0 unspecified atom stereocenters. The van der Waals surface area contributed by atoms with Gasteiger partial charge < -0.3 is 14.5 Å². The Hall–Kier alpha value is -2.66. The van der Waals surface area contributed by atoms with Crippen molar-refractivity contribution in [3.8, 4) is 11.1 Å². The number of carbonyl (C=O) groups is 1. The molecule has 1 N–H and O–H groups in total. The lowest BCUT2D eigenvalue weighted by Gasteiger charge is -2.07. The molecule has 0 aliphatic heterocycles. The van der Waals surface area contributed by atoms with Crippen LogP contribution in [0, 0.1) is 0 Å². The lowest BCUT2D eigenvalue weighted by Crippen LogP contribution is -2.27. The van der Waals surface area contributed by atoms with Gasteiger partial charge in [0, 0.05) is 37.3 Å². The summed E-state index contributed by atoms with van der Waals surface area (Å²) in [5.74, 6) is -0.0821. The first-order valence-corrected chi connectivity index (χ1v) is 7.67. The third-order valence-electron chi connectivity index (χ3n) is 3.61. The van der Waals surface area contributed by atoms with Gasteiger partial charge in [0.25, 0.3) is 5.91 Å². The van der Waals surface area contributed by atoms with Crippen molar-refractivity contribution in [3.63, 3.8) is 0 Å². The summed E-state index contributed by atoms with van der Waals surface area (Å²) in [4.78, 5) is 16.2. The van der Waals surface area contributed by atoms with E-state index in [1.807, 2.05) is 60.1 Å². The van der Waals surface area contributed by atoms with Gasteiger partial charge in [-0.15, -0.1) is 0 Å². The van der Waals surface area contributed by atoms with E-state index in [-0.39, 0.29) is 5.91 Å². The van der Waals surface area contributed by atoms with Gasteiger partial charge in [0.05, 0.1) is 6.61 Å². The van der Waals surface area contributed by atoms with Gasteiger partial charge in [-0.05, 0) is 42.3 Å². The number of rotatable bonds is 6. The minimum atomic E-state index is -0.0821. The number of hydrogen-bond donors (Lipinski definition) is 1. The molecule has 5 nitrogen and oxygen atoms in total. The predicted octanol–water partition coefficient (Wildman–Crippen LogP) is 2.77. The summed E-state index contributed by atoms with van der Waals surface area (Å²) in [6.07, 6.45) is 5.72. The van der Waals surface area contributed by atoms with Crippen LogP contribution < -0.4 is 5.32 Å². The Kier molecular flexibility index (Phi) is 4.68. The van der Waals surface area contributed by atoms with Gasteiger partial charge in [0.15, 0.2) is 0 Å². The van der Waals surface area contributed by atoms with Crippen molar-refractivity contribution in [2.75, 3.05) is 19.8 Å². The van der Waals surface area contributed by atoms with Crippen LogP contribution in [-0.2, 0) is 4.74 Å². The maximum Gasteiger partial charge on any atom is 0.251 e. The smallest absolute Gasteiger partial charge is 0.251 e. The third kappa shape index (κ3) is 3.57.